The largest absolute Gasteiger partial charge is 0.493 e. The van der Waals surface area contributed by atoms with Crippen LogP contribution in [0.25, 0.3) is 0 Å². The van der Waals surface area contributed by atoms with E-state index in [-0.39, 0.29) is 10.9 Å². The Morgan fingerprint density at radius 3 is 2.79 bits per heavy atom. The van der Waals surface area contributed by atoms with Gasteiger partial charge in [0.2, 0.25) is 0 Å². The zero-order chi connectivity index (χ0) is 10.6. The van der Waals surface area contributed by atoms with Crippen LogP contribution in [0.1, 0.15) is 6.92 Å². The van der Waals surface area contributed by atoms with Gasteiger partial charge in [-0.3, -0.25) is 0 Å². The van der Waals surface area contributed by atoms with Crippen LogP contribution in [-0.4, -0.2) is 12.5 Å². The third kappa shape index (κ3) is 3.35. The Hall–Kier alpha value is -0.470. The lowest BCUT2D eigenvalue weighted by atomic mass is 10.2. The minimum Gasteiger partial charge on any atom is -0.493 e. The van der Waals surface area contributed by atoms with Crippen LogP contribution < -0.4 is 4.74 Å². The Morgan fingerprint density at radius 1 is 1.50 bits per heavy atom. The minimum absolute atomic E-state index is 0.0704. The lowest BCUT2D eigenvalue weighted by molar-refractivity contribution is 0.272. The van der Waals surface area contributed by atoms with Crippen molar-refractivity contribution in [1.82, 2.24) is 0 Å². The molecular weight excluding hydrogens is 226 g/mol. The highest BCUT2D eigenvalue weighted by molar-refractivity contribution is 6.30. The zero-order valence-electron chi connectivity index (χ0n) is 7.77. The fourth-order valence-corrected chi connectivity index (χ4v) is 1.11. The fraction of sp³-hybridized carbons (Fsp3) is 0.400. The summed E-state index contributed by atoms with van der Waals surface area (Å²) in [6, 6.07) is 4.28. The Bertz CT molecular complexity index is 304. The van der Waals surface area contributed by atoms with Crippen LogP contribution in [0, 0.1) is 11.7 Å². The summed E-state index contributed by atoms with van der Waals surface area (Å²) in [7, 11) is 0. The SMILES string of the molecule is CC(CCl)COc1ccc(F)c(Cl)c1. The topological polar surface area (TPSA) is 9.23 Å². The van der Waals surface area contributed by atoms with Crippen molar-refractivity contribution in [2.24, 2.45) is 5.92 Å². The molecule has 1 aromatic carbocycles. The second-order valence-electron chi connectivity index (χ2n) is 3.15. The summed E-state index contributed by atoms with van der Waals surface area (Å²) in [4.78, 5) is 0. The Labute approximate surface area is 92.8 Å². The van der Waals surface area contributed by atoms with E-state index in [9.17, 15) is 4.39 Å². The molecule has 1 rings (SSSR count). The van der Waals surface area contributed by atoms with Crippen molar-refractivity contribution in [2.45, 2.75) is 6.92 Å². The summed E-state index contributed by atoms with van der Waals surface area (Å²) in [5.74, 6) is 0.924. The van der Waals surface area contributed by atoms with Crippen LogP contribution in [0.2, 0.25) is 5.02 Å². The molecule has 0 radical (unpaired) electrons. The van der Waals surface area contributed by atoms with Crippen LogP contribution in [0.3, 0.4) is 0 Å². The number of ether oxygens (including phenoxy) is 1. The van der Waals surface area contributed by atoms with E-state index in [0.717, 1.165) is 0 Å². The first kappa shape index (κ1) is 11.6. The smallest absolute Gasteiger partial charge is 0.142 e. The van der Waals surface area contributed by atoms with Gasteiger partial charge in [0.05, 0.1) is 11.6 Å². The highest BCUT2D eigenvalue weighted by Gasteiger charge is 2.04. The van der Waals surface area contributed by atoms with Crippen molar-refractivity contribution in [3.8, 4) is 5.75 Å². The quantitative estimate of drug-likeness (QED) is 0.725. The van der Waals surface area contributed by atoms with Crippen LogP contribution >= 0.6 is 23.2 Å². The van der Waals surface area contributed by atoms with E-state index in [4.69, 9.17) is 27.9 Å². The maximum atomic E-state index is 12.8. The number of halogens is 3. The molecule has 1 atom stereocenters. The van der Waals surface area contributed by atoms with Gasteiger partial charge < -0.3 is 4.74 Å². The molecule has 14 heavy (non-hydrogen) atoms. The summed E-state index contributed by atoms with van der Waals surface area (Å²) < 4.78 is 18.1. The lowest BCUT2D eigenvalue weighted by Crippen LogP contribution is -2.09. The van der Waals surface area contributed by atoms with E-state index >= 15 is 0 Å². The number of rotatable bonds is 4. The zero-order valence-corrected chi connectivity index (χ0v) is 9.28. The first-order chi connectivity index (χ1) is 6.63. The first-order valence-corrected chi connectivity index (χ1v) is 5.18. The molecule has 0 fully saturated rings. The van der Waals surface area contributed by atoms with E-state index in [2.05, 4.69) is 0 Å². The summed E-state index contributed by atoms with van der Waals surface area (Å²) in [6.45, 7) is 2.48. The van der Waals surface area contributed by atoms with E-state index in [1.54, 1.807) is 6.07 Å². The van der Waals surface area contributed by atoms with E-state index < -0.39 is 5.82 Å². The van der Waals surface area contributed by atoms with E-state index in [1.807, 2.05) is 6.92 Å². The van der Waals surface area contributed by atoms with Gasteiger partial charge in [-0.25, -0.2) is 4.39 Å². The minimum atomic E-state index is -0.440. The number of alkyl halides is 1. The van der Waals surface area contributed by atoms with E-state index in [1.165, 1.54) is 12.1 Å². The predicted molar refractivity (Wildman–Crippen MR) is 56.8 cm³/mol. The van der Waals surface area contributed by atoms with Crippen molar-refractivity contribution in [2.75, 3.05) is 12.5 Å². The average molecular weight is 237 g/mol. The molecule has 0 N–H and O–H groups in total. The molecular formula is C10H11Cl2FO. The molecule has 0 heterocycles. The van der Waals surface area contributed by atoms with Gasteiger partial charge in [-0.2, -0.15) is 0 Å². The molecule has 4 heteroatoms. The monoisotopic (exact) mass is 236 g/mol. The van der Waals surface area contributed by atoms with Gasteiger partial charge in [-0.15, -0.1) is 11.6 Å². The molecule has 0 spiro atoms. The van der Waals surface area contributed by atoms with Crippen LogP contribution in [0.5, 0.6) is 5.75 Å². The number of hydrogen-bond acceptors (Lipinski definition) is 1. The van der Waals surface area contributed by atoms with Gasteiger partial charge in [-0.05, 0) is 12.1 Å². The highest BCUT2D eigenvalue weighted by Crippen LogP contribution is 2.21. The van der Waals surface area contributed by atoms with Gasteiger partial charge in [0.1, 0.15) is 11.6 Å². The summed E-state index contributed by atoms with van der Waals surface area (Å²) in [5, 5.41) is 0.0704. The number of hydrogen-bond donors (Lipinski definition) is 0. The highest BCUT2D eigenvalue weighted by atomic mass is 35.5. The van der Waals surface area contributed by atoms with Crippen LogP contribution in [0.15, 0.2) is 18.2 Å². The summed E-state index contributed by atoms with van der Waals surface area (Å²) in [5.41, 5.74) is 0. The van der Waals surface area contributed by atoms with Gasteiger partial charge in [-0.1, -0.05) is 18.5 Å². The van der Waals surface area contributed by atoms with Crippen molar-refractivity contribution in [3.05, 3.63) is 29.0 Å². The van der Waals surface area contributed by atoms with Crippen molar-refractivity contribution < 1.29 is 9.13 Å². The van der Waals surface area contributed by atoms with Crippen molar-refractivity contribution >= 4 is 23.2 Å². The molecule has 0 saturated heterocycles. The average Bonchev–Trinajstić information content (AvgIpc) is 2.19. The second kappa shape index (κ2) is 5.42. The summed E-state index contributed by atoms with van der Waals surface area (Å²) in [6.07, 6.45) is 0. The molecule has 0 aliphatic rings. The third-order valence-electron chi connectivity index (χ3n) is 1.69. The van der Waals surface area contributed by atoms with Gasteiger partial charge in [0.15, 0.2) is 0 Å². The predicted octanol–water partition coefficient (Wildman–Crippen LogP) is 3.73. The molecule has 0 aliphatic heterocycles. The Kier molecular flexibility index (Phi) is 4.49. The van der Waals surface area contributed by atoms with Gasteiger partial charge >= 0.3 is 0 Å². The van der Waals surface area contributed by atoms with Gasteiger partial charge in [0, 0.05) is 17.9 Å². The second-order valence-corrected chi connectivity index (χ2v) is 3.86. The molecule has 0 amide bonds. The molecule has 1 aromatic rings. The molecule has 0 saturated carbocycles. The molecule has 1 unspecified atom stereocenters. The molecule has 0 aromatic heterocycles. The van der Waals surface area contributed by atoms with Crippen LogP contribution in [0.4, 0.5) is 4.39 Å². The third-order valence-corrected chi connectivity index (χ3v) is 2.51. The summed E-state index contributed by atoms with van der Waals surface area (Å²) >= 11 is 11.2. The molecule has 0 aliphatic carbocycles. The number of benzene rings is 1. The first-order valence-electron chi connectivity index (χ1n) is 4.27. The lowest BCUT2D eigenvalue weighted by Gasteiger charge is -2.10. The fourth-order valence-electron chi connectivity index (χ4n) is 0.850. The Morgan fingerprint density at radius 2 is 2.21 bits per heavy atom. The molecule has 78 valence electrons. The van der Waals surface area contributed by atoms with Crippen molar-refractivity contribution in [1.29, 1.82) is 0 Å². The maximum Gasteiger partial charge on any atom is 0.142 e. The van der Waals surface area contributed by atoms with Crippen molar-refractivity contribution in [3.63, 3.8) is 0 Å². The normalized spacial score (nSPS) is 12.6. The standard InChI is InChI=1S/C10H11Cl2FO/c1-7(5-11)6-14-8-2-3-10(13)9(12)4-8/h2-4,7H,5-6H2,1H3. The maximum absolute atomic E-state index is 12.8. The van der Waals surface area contributed by atoms with E-state index in [0.29, 0.717) is 18.2 Å². The van der Waals surface area contributed by atoms with Gasteiger partial charge in [0.25, 0.3) is 0 Å². The van der Waals surface area contributed by atoms with Crippen LogP contribution in [-0.2, 0) is 0 Å². The molecule has 1 nitrogen and oxygen atoms in total. The Balaban J connectivity index is 2.55. The molecule has 0 bridgehead atoms.